The molecule has 1 aromatic carbocycles. The Kier molecular flexibility index (Phi) is 3.31. The highest BCUT2D eigenvalue weighted by molar-refractivity contribution is 5.29. The summed E-state index contributed by atoms with van der Waals surface area (Å²) in [4.78, 5) is 2.44. The first-order valence-corrected chi connectivity index (χ1v) is 6.01. The standard InChI is InChI=1S/C14H21NO/c1-14(2,11-16)10-15-8-7-12-5-3-4-6-13(12)9-15/h3-6,16H,7-11H2,1-2H3. The molecule has 0 atom stereocenters. The zero-order chi connectivity index (χ0) is 11.6. The summed E-state index contributed by atoms with van der Waals surface area (Å²) in [5.74, 6) is 0. The normalized spacial score (nSPS) is 17.2. The van der Waals surface area contributed by atoms with E-state index in [2.05, 4.69) is 43.0 Å². The summed E-state index contributed by atoms with van der Waals surface area (Å²) in [7, 11) is 0. The van der Waals surface area contributed by atoms with Gasteiger partial charge in [0.05, 0.1) is 0 Å². The number of aliphatic hydroxyl groups is 1. The lowest BCUT2D eigenvalue weighted by Gasteiger charge is -2.34. The lowest BCUT2D eigenvalue weighted by molar-refractivity contribution is 0.0962. The third-order valence-electron chi connectivity index (χ3n) is 3.29. The topological polar surface area (TPSA) is 23.5 Å². The second-order valence-corrected chi connectivity index (χ2v) is 5.55. The molecule has 0 spiro atoms. The van der Waals surface area contributed by atoms with Crippen LogP contribution in [0.15, 0.2) is 24.3 Å². The second-order valence-electron chi connectivity index (χ2n) is 5.55. The van der Waals surface area contributed by atoms with Crippen LogP contribution in [0.2, 0.25) is 0 Å². The fraction of sp³-hybridized carbons (Fsp3) is 0.571. The molecule has 1 aliphatic rings. The zero-order valence-corrected chi connectivity index (χ0v) is 10.2. The minimum atomic E-state index is 0.00623. The molecular formula is C14H21NO. The Balaban J connectivity index is 2.03. The Morgan fingerprint density at radius 2 is 1.94 bits per heavy atom. The van der Waals surface area contributed by atoms with Crippen molar-refractivity contribution < 1.29 is 5.11 Å². The molecule has 88 valence electrons. The van der Waals surface area contributed by atoms with Gasteiger partial charge in [-0.05, 0) is 17.5 Å². The summed E-state index contributed by atoms with van der Waals surface area (Å²) in [5.41, 5.74) is 2.94. The molecule has 1 heterocycles. The number of benzene rings is 1. The van der Waals surface area contributed by atoms with E-state index >= 15 is 0 Å². The average Bonchev–Trinajstić information content (AvgIpc) is 2.28. The van der Waals surface area contributed by atoms with Crippen molar-refractivity contribution >= 4 is 0 Å². The highest BCUT2D eigenvalue weighted by Crippen LogP contribution is 2.23. The first-order chi connectivity index (χ1) is 7.61. The zero-order valence-electron chi connectivity index (χ0n) is 10.2. The maximum atomic E-state index is 9.29. The first-order valence-electron chi connectivity index (χ1n) is 6.01. The molecule has 2 rings (SSSR count). The summed E-state index contributed by atoms with van der Waals surface area (Å²) in [6.07, 6.45) is 1.14. The van der Waals surface area contributed by atoms with Crippen molar-refractivity contribution in [1.29, 1.82) is 0 Å². The summed E-state index contributed by atoms with van der Waals surface area (Å²) < 4.78 is 0. The Morgan fingerprint density at radius 1 is 1.25 bits per heavy atom. The fourth-order valence-electron chi connectivity index (χ4n) is 2.34. The van der Waals surface area contributed by atoms with Crippen LogP contribution in [0.4, 0.5) is 0 Å². The van der Waals surface area contributed by atoms with E-state index in [0.29, 0.717) is 0 Å². The van der Waals surface area contributed by atoms with E-state index in [-0.39, 0.29) is 12.0 Å². The van der Waals surface area contributed by atoms with E-state index < -0.39 is 0 Å². The molecule has 0 aromatic heterocycles. The van der Waals surface area contributed by atoms with Gasteiger partial charge >= 0.3 is 0 Å². The first kappa shape index (κ1) is 11.6. The largest absolute Gasteiger partial charge is 0.396 e. The monoisotopic (exact) mass is 219 g/mol. The summed E-state index contributed by atoms with van der Waals surface area (Å²) in [6, 6.07) is 8.67. The van der Waals surface area contributed by atoms with Crippen LogP contribution in [0, 0.1) is 5.41 Å². The van der Waals surface area contributed by atoms with Crippen LogP contribution in [-0.2, 0) is 13.0 Å². The van der Waals surface area contributed by atoms with E-state index in [0.717, 1.165) is 26.1 Å². The smallest absolute Gasteiger partial charge is 0.0494 e. The Labute approximate surface area is 97.9 Å². The number of rotatable bonds is 3. The third-order valence-corrected chi connectivity index (χ3v) is 3.29. The SMILES string of the molecule is CC(C)(CO)CN1CCc2ccccc2C1. The van der Waals surface area contributed by atoms with Gasteiger partial charge in [-0.15, -0.1) is 0 Å². The van der Waals surface area contributed by atoms with Crippen molar-refractivity contribution in [2.45, 2.75) is 26.8 Å². The van der Waals surface area contributed by atoms with Crippen LogP contribution in [-0.4, -0.2) is 29.7 Å². The molecule has 1 aliphatic heterocycles. The van der Waals surface area contributed by atoms with E-state index in [1.807, 2.05) is 0 Å². The number of aliphatic hydroxyl groups excluding tert-OH is 1. The molecule has 0 fully saturated rings. The van der Waals surface area contributed by atoms with Crippen molar-refractivity contribution in [3.05, 3.63) is 35.4 Å². The molecule has 1 N–H and O–H groups in total. The molecule has 0 radical (unpaired) electrons. The van der Waals surface area contributed by atoms with Gasteiger partial charge < -0.3 is 5.11 Å². The third kappa shape index (κ3) is 2.63. The summed E-state index contributed by atoms with van der Waals surface area (Å²) in [6.45, 7) is 7.60. The van der Waals surface area contributed by atoms with Gasteiger partial charge in [-0.1, -0.05) is 38.1 Å². The lowest BCUT2D eigenvalue weighted by atomic mass is 9.92. The van der Waals surface area contributed by atoms with Crippen molar-refractivity contribution in [2.24, 2.45) is 5.41 Å². The molecule has 0 saturated carbocycles. The molecule has 2 heteroatoms. The Morgan fingerprint density at radius 3 is 2.62 bits per heavy atom. The van der Waals surface area contributed by atoms with Crippen molar-refractivity contribution in [3.8, 4) is 0 Å². The van der Waals surface area contributed by atoms with Crippen molar-refractivity contribution in [3.63, 3.8) is 0 Å². The van der Waals surface area contributed by atoms with Gasteiger partial charge in [-0.25, -0.2) is 0 Å². The molecule has 0 bridgehead atoms. The fourth-order valence-corrected chi connectivity index (χ4v) is 2.34. The molecule has 0 aliphatic carbocycles. The summed E-state index contributed by atoms with van der Waals surface area (Å²) >= 11 is 0. The van der Waals surface area contributed by atoms with E-state index in [1.54, 1.807) is 0 Å². The minimum absolute atomic E-state index is 0.00623. The van der Waals surface area contributed by atoms with Gasteiger partial charge in [0.1, 0.15) is 0 Å². The number of hydrogen-bond donors (Lipinski definition) is 1. The molecule has 0 amide bonds. The highest BCUT2D eigenvalue weighted by Gasteiger charge is 2.23. The Hall–Kier alpha value is -0.860. The second kappa shape index (κ2) is 4.56. The van der Waals surface area contributed by atoms with Gasteiger partial charge in [-0.3, -0.25) is 4.90 Å². The Bertz CT molecular complexity index is 360. The number of fused-ring (bicyclic) bond motifs is 1. The van der Waals surface area contributed by atoms with Gasteiger partial charge in [-0.2, -0.15) is 0 Å². The van der Waals surface area contributed by atoms with Gasteiger partial charge in [0.25, 0.3) is 0 Å². The molecule has 16 heavy (non-hydrogen) atoms. The van der Waals surface area contributed by atoms with E-state index in [9.17, 15) is 5.11 Å². The highest BCUT2D eigenvalue weighted by atomic mass is 16.3. The predicted octanol–water partition coefficient (Wildman–Crippen LogP) is 2.06. The number of nitrogens with zero attached hydrogens (tertiary/aromatic N) is 1. The molecule has 2 nitrogen and oxygen atoms in total. The van der Waals surface area contributed by atoms with Gasteiger partial charge in [0, 0.05) is 31.7 Å². The van der Waals surface area contributed by atoms with E-state index in [1.165, 1.54) is 11.1 Å². The van der Waals surface area contributed by atoms with Crippen molar-refractivity contribution in [2.75, 3.05) is 19.7 Å². The number of hydrogen-bond acceptors (Lipinski definition) is 2. The molecule has 0 unspecified atom stereocenters. The maximum Gasteiger partial charge on any atom is 0.0494 e. The maximum absolute atomic E-state index is 9.29. The molecular weight excluding hydrogens is 198 g/mol. The minimum Gasteiger partial charge on any atom is -0.396 e. The predicted molar refractivity (Wildman–Crippen MR) is 66.3 cm³/mol. The van der Waals surface area contributed by atoms with Crippen molar-refractivity contribution in [1.82, 2.24) is 4.90 Å². The van der Waals surface area contributed by atoms with Crippen LogP contribution in [0.3, 0.4) is 0 Å². The van der Waals surface area contributed by atoms with E-state index in [4.69, 9.17) is 0 Å². The van der Waals surface area contributed by atoms with Crippen LogP contribution in [0.25, 0.3) is 0 Å². The lowest BCUT2D eigenvalue weighted by Crippen LogP contribution is -2.39. The van der Waals surface area contributed by atoms with Crippen LogP contribution in [0.1, 0.15) is 25.0 Å². The summed E-state index contributed by atoms with van der Waals surface area (Å²) in [5, 5.41) is 9.29. The van der Waals surface area contributed by atoms with Crippen LogP contribution < -0.4 is 0 Å². The van der Waals surface area contributed by atoms with Gasteiger partial charge in [0.15, 0.2) is 0 Å². The van der Waals surface area contributed by atoms with Crippen LogP contribution >= 0.6 is 0 Å². The molecule has 1 aromatic rings. The molecule has 0 saturated heterocycles. The quantitative estimate of drug-likeness (QED) is 0.841. The average molecular weight is 219 g/mol. The van der Waals surface area contributed by atoms with Gasteiger partial charge in [0.2, 0.25) is 0 Å². The van der Waals surface area contributed by atoms with Crippen LogP contribution in [0.5, 0.6) is 0 Å².